The van der Waals surface area contributed by atoms with Crippen molar-refractivity contribution < 1.29 is 23.1 Å². The molecular weight excluding hydrogens is 300 g/mol. The summed E-state index contributed by atoms with van der Waals surface area (Å²) in [5, 5.41) is 16.8. The standard InChI is InChI=1S/C11H16N4O5S/c1-12-9(16)7-2-4-15(5-3-7)21(19,20)10-8(11(17)18)6-13-14-10/h6-7H,2-5H2,1H3,(H,12,16)(H,13,14)(H,17,18). The zero-order valence-electron chi connectivity index (χ0n) is 11.4. The van der Waals surface area contributed by atoms with E-state index in [1.807, 2.05) is 0 Å². The van der Waals surface area contributed by atoms with E-state index in [1.54, 1.807) is 0 Å². The fraction of sp³-hybridized carbons (Fsp3) is 0.545. The molecule has 9 nitrogen and oxygen atoms in total. The van der Waals surface area contributed by atoms with Crippen molar-refractivity contribution in [1.82, 2.24) is 19.8 Å². The van der Waals surface area contributed by atoms with Crippen molar-refractivity contribution in [3.63, 3.8) is 0 Å². The molecule has 1 aliphatic heterocycles. The Kier molecular flexibility index (Phi) is 4.28. The second kappa shape index (κ2) is 5.82. The number of nitrogens with zero attached hydrogens (tertiary/aromatic N) is 2. The van der Waals surface area contributed by atoms with Crippen LogP contribution in [0.15, 0.2) is 11.2 Å². The van der Waals surface area contributed by atoms with Gasteiger partial charge in [0.15, 0.2) is 5.03 Å². The topological polar surface area (TPSA) is 132 Å². The molecule has 1 aliphatic rings. The van der Waals surface area contributed by atoms with Gasteiger partial charge in [-0.2, -0.15) is 9.40 Å². The molecule has 21 heavy (non-hydrogen) atoms. The van der Waals surface area contributed by atoms with Crippen LogP contribution in [0.25, 0.3) is 0 Å². The number of carbonyl (C=O) groups is 2. The average Bonchev–Trinajstić information content (AvgIpc) is 2.97. The third-order valence-corrected chi connectivity index (χ3v) is 5.38. The predicted molar refractivity (Wildman–Crippen MR) is 71.1 cm³/mol. The SMILES string of the molecule is CNC(=O)C1CCN(S(=O)(=O)c2[nH]ncc2C(=O)O)CC1. The summed E-state index contributed by atoms with van der Waals surface area (Å²) in [6.07, 6.45) is 1.76. The van der Waals surface area contributed by atoms with Crippen LogP contribution in [0.5, 0.6) is 0 Å². The van der Waals surface area contributed by atoms with E-state index in [0.717, 1.165) is 6.20 Å². The van der Waals surface area contributed by atoms with Crippen molar-refractivity contribution >= 4 is 21.9 Å². The molecule has 0 spiro atoms. The molecule has 3 N–H and O–H groups in total. The second-order valence-electron chi connectivity index (χ2n) is 4.71. The Labute approximate surface area is 121 Å². The first-order chi connectivity index (χ1) is 9.87. The molecular formula is C11H16N4O5S. The normalized spacial score (nSPS) is 17.6. The summed E-state index contributed by atoms with van der Waals surface area (Å²) in [7, 11) is -2.41. The lowest BCUT2D eigenvalue weighted by atomic mass is 9.97. The Morgan fingerprint density at radius 2 is 2.05 bits per heavy atom. The first kappa shape index (κ1) is 15.4. The number of amides is 1. The van der Waals surface area contributed by atoms with Gasteiger partial charge in [0.05, 0.1) is 6.20 Å². The molecule has 0 aliphatic carbocycles. The largest absolute Gasteiger partial charge is 0.478 e. The first-order valence-corrected chi connectivity index (χ1v) is 7.80. The van der Waals surface area contributed by atoms with Crippen molar-refractivity contribution in [3.8, 4) is 0 Å². The number of aromatic carboxylic acids is 1. The van der Waals surface area contributed by atoms with Crippen LogP contribution < -0.4 is 5.32 Å². The highest BCUT2D eigenvalue weighted by molar-refractivity contribution is 7.89. The van der Waals surface area contributed by atoms with E-state index >= 15 is 0 Å². The number of aromatic amines is 1. The fourth-order valence-corrected chi connectivity index (χ4v) is 3.85. The molecule has 0 aromatic carbocycles. The van der Waals surface area contributed by atoms with Crippen LogP contribution in [0.2, 0.25) is 0 Å². The smallest absolute Gasteiger partial charge is 0.340 e. The van der Waals surface area contributed by atoms with Gasteiger partial charge < -0.3 is 10.4 Å². The highest BCUT2D eigenvalue weighted by Crippen LogP contribution is 2.24. The van der Waals surface area contributed by atoms with Crippen LogP contribution in [0.4, 0.5) is 0 Å². The van der Waals surface area contributed by atoms with Gasteiger partial charge in [0.2, 0.25) is 5.91 Å². The highest BCUT2D eigenvalue weighted by atomic mass is 32.2. The minimum Gasteiger partial charge on any atom is -0.478 e. The molecule has 0 saturated carbocycles. The number of aromatic nitrogens is 2. The van der Waals surface area contributed by atoms with Gasteiger partial charge in [0, 0.05) is 26.1 Å². The number of carbonyl (C=O) groups excluding carboxylic acids is 1. The minimum absolute atomic E-state index is 0.111. The number of nitrogens with one attached hydrogen (secondary N) is 2. The van der Waals surface area contributed by atoms with E-state index in [2.05, 4.69) is 15.5 Å². The van der Waals surface area contributed by atoms with Crippen molar-refractivity contribution in [2.45, 2.75) is 17.9 Å². The zero-order chi connectivity index (χ0) is 15.6. The van der Waals surface area contributed by atoms with E-state index in [-0.39, 0.29) is 30.5 Å². The molecule has 1 fully saturated rings. The number of hydrogen-bond donors (Lipinski definition) is 3. The summed E-state index contributed by atoms with van der Waals surface area (Å²) in [6, 6.07) is 0. The lowest BCUT2D eigenvalue weighted by Crippen LogP contribution is -2.42. The Morgan fingerprint density at radius 1 is 1.43 bits per heavy atom. The van der Waals surface area contributed by atoms with Gasteiger partial charge in [0.25, 0.3) is 10.0 Å². The Morgan fingerprint density at radius 3 is 2.57 bits per heavy atom. The van der Waals surface area contributed by atoms with Crippen LogP contribution in [0.3, 0.4) is 0 Å². The predicted octanol–water partition coefficient (Wildman–Crippen LogP) is -0.745. The second-order valence-corrected chi connectivity index (χ2v) is 6.59. The zero-order valence-corrected chi connectivity index (χ0v) is 12.2. The molecule has 0 unspecified atom stereocenters. The van der Waals surface area contributed by atoms with E-state index in [1.165, 1.54) is 11.4 Å². The Bertz CT molecular complexity index is 645. The van der Waals surface area contributed by atoms with E-state index in [0.29, 0.717) is 12.8 Å². The van der Waals surface area contributed by atoms with Crippen LogP contribution in [0.1, 0.15) is 23.2 Å². The van der Waals surface area contributed by atoms with Crippen LogP contribution in [-0.4, -0.2) is 60.0 Å². The molecule has 116 valence electrons. The van der Waals surface area contributed by atoms with Crippen LogP contribution in [0, 0.1) is 5.92 Å². The van der Waals surface area contributed by atoms with E-state index in [4.69, 9.17) is 5.11 Å². The maximum absolute atomic E-state index is 12.4. The summed E-state index contributed by atoms with van der Waals surface area (Å²) in [5.74, 6) is -1.69. The first-order valence-electron chi connectivity index (χ1n) is 6.36. The number of H-pyrrole nitrogens is 1. The van der Waals surface area contributed by atoms with Gasteiger partial charge >= 0.3 is 5.97 Å². The van der Waals surface area contributed by atoms with Gasteiger partial charge in [-0.05, 0) is 12.8 Å². The maximum Gasteiger partial charge on any atom is 0.340 e. The third-order valence-electron chi connectivity index (χ3n) is 3.50. The summed E-state index contributed by atoms with van der Waals surface area (Å²) < 4.78 is 26.0. The number of hydrogen-bond acceptors (Lipinski definition) is 5. The van der Waals surface area contributed by atoms with Gasteiger partial charge in [-0.25, -0.2) is 13.2 Å². The Hall–Kier alpha value is -1.94. The molecule has 0 radical (unpaired) electrons. The number of carboxylic acids is 1. The number of sulfonamides is 1. The van der Waals surface area contributed by atoms with Gasteiger partial charge in [-0.3, -0.25) is 9.89 Å². The van der Waals surface area contributed by atoms with Crippen molar-refractivity contribution in [2.24, 2.45) is 5.92 Å². The lowest BCUT2D eigenvalue weighted by Gasteiger charge is -2.29. The molecule has 0 atom stereocenters. The molecule has 10 heteroatoms. The van der Waals surface area contributed by atoms with Gasteiger partial charge in [-0.1, -0.05) is 0 Å². The van der Waals surface area contributed by atoms with Gasteiger partial charge in [0.1, 0.15) is 5.56 Å². The van der Waals surface area contributed by atoms with Crippen molar-refractivity contribution in [3.05, 3.63) is 11.8 Å². The number of carboxylic acid groups (broad SMARTS) is 1. The van der Waals surface area contributed by atoms with Crippen molar-refractivity contribution in [1.29, 1.82) is 0 Å². The average molecular weight is 316 g/mol. The lowest BCUT2D eigenvalue weighted by molar-refractivity contribution is -0.125. The Balaban J connectivity index is 2.17. The summed E-state index contributed by atoms with van der Waals surface area (Å²) in [4.78, 5) is 22.5. The third kappa shape index (κ3) is 2.90. The van der Waals surface area contributed by atoms with Crippen molar-refractivity contribution in [2.75, 3.05) is 20.1 Å². The maximum atomic E-state index is 12.4. The molecule has 0 bridgehead atoms. The van der Waals surface area contributed by atoms with E-state index < -0.39 is 21.0 Å². The number of rotatable bonds is 4. The van der Waals surface area contributed by atoms with E-state index in [9.17, 15) is 18.0 Å². The monoisotopic (exact) mass is 316 g/mol. The van der Waals surface area contributed by atoms with Crippen LogP contribution in [-0.2, 0) is 14.8 Å². The minimum atomic E-state index is -3.95. The van der Waals surface area contributed by atoms with Crippen LogP contribution >= 0.6 is 0 Å². The molecule has 2 heterocycles. The highest BCUT2D eigenvalue weighted by Gasteiger charge is 2.35. The van der Waals surface area contributed by atoms with Gasteiger partial charge in [-0.15, -0.1) is 0 Å². The summed E-state index contributed by atoms with van der Waals surface area (Å²) in [6.45, 7) is 0.330. The molecule has 1 amide bonds. The number of piperidine rings is 1. The molecule has 2 rings (SSSR count). The summed E-state index contributed by atoms with van der Waals surface area (Å²) >= 11 is 0. The quantitative estimate of drug-likeness (QED) is 0.670. The molecule has 1 saturated heterocycles. The summed E-state index contributed by atoms with van der Waals surface area (Å²) in [5.41, 5.74) is -0.386. The molecule has 1 aromatic rings. The fourth-order valence-electron chi connectivity index (χ4n) is 2.31. The molecule has 1 aromatic heterocycles.